The van der Waals surface area contributed by atoms with Gasteiger partial charge < -0.3 is 25.3 Å². The zero-order chi connectivity index (χ0) is 21.5. The zero-order valence-corrected chi connectivity index (χ0v) is 16.1. The first kappa shape index (κ1) is 20.6. The van der Waals surface area contributed by atoms with Crippen LogP contribution in [0.5, 0.6) is 17.5 Å². The summed E-state index contributed by atoms with van der Waals surface area (Å²) in [6.07, 6.45) is 2.10. The van der Waals surface area contributed by atoms with Crippen LogP contribution in [0, 0.1) is 0 Å². The van der Waals surface area contributed by atoms with Crippen LogP contribution in [0.3, 0.4) is 0 Å². The van der Waals surface area contributed by atoms with Gasteiger partial charge in [-0.25, -0.2) is 14.3 Å². The number of carbonyl (C=O) groups excluding carboxylic acids is 1. The number of phenols is 1. The third-order valence-electron chi connectivity index (χ3n) is 4.77. The number of aromatic hydroxyl groups is 1. The molecule has 2 aromatic carbocycles. The average Bonchev–Trinajstić information content (AvgIpc) is 3.38. The molecule has 11 nitrogen and oxygen atoms in total. The molecule has 0 fully saturated rings. The Morgan fingerprint density at radius 2 is 2.03 bits per heavy atom. The summed E-state index contributed by atoms with van der Waals surface area (Å²) in [5, 5.41) is 19.4. The highest BCUT2D eigenvalue weighted by Gasteiger charge is 2.23. The van der Waals surface area contributed by atoms with Crippen molar-refractivity contribution in [2.75, 3.05) is 7.11 Å². The van der Waals surface area contributed by atoms with Crippen LogP contribution >= 0.6 is 0 Å². The number of benzene rings is 2. The van der Waals surface area contributed by atoms with E-state index >= 15 is 0 Å². The van der Waals surface area contributed by atoms with Gasteiger partial charge in [0.2, 0.25) is 0 Å². The largest absolute Gasteiger partial charge is 0.507 e. The number of rotatable bonds is 4. The SMILES string of the molecule is C.COc1ccc(-n2c(OC(N)=O)nnc2-c2cc3[nH]cnc3cc2O)c2cccnc12. The highest BCUT2D eigenvalue weighted by Crippen LogP contribution is 2.37. The number of imidazole rings is 1. The van der Waals surface area contributed by atoms with E-state index in [-0.39, 0.29) is 25.0 Å². The summed E-state index contributed by atoms with van der Waals surface area (Å²) in [7, 11) is 1.55. The van der Waals surface area contributed by atoms with Gasteiger partial charge in [-0.15, -0.1) is 5.10 Å². The maximum Gasteiger partial charge on any atom is 0.412 e. The smallest absolute Gasteiger partial charge is 0.412 e. The molecule has 0 bridgehead atoms. The van der Waals surface area contributed by atoms with E-state index < -0.39 is 6.09 Å². The third kappa shape index (κ3) is 3.21. The fourth-order valence-electron chi connectivity index (χ4n) is 3.46. The molecule has 0 atom stereocenters. The van der Waals surface area contributed by atoms with E-state index in [1.54, 1.807) is 37.6 Å². The van der Waals surface area contributed by atoms with E-state index in [0.29, 0.717) is 38.9 Å². The van der Waals surface area contributed by atoms with Crippen molar-refractivity contribution < 1.29 is 19.4 Å². The highest BCUT2D eigenvalue weighted by atomic mass is 16.6. The Labute approximate surface area is 181 Å². The predicted molar refractivity (Wildman–Crippen MR) is 117 cm³/mol. The number of aromatic nitrogens is 6. The number of hydrogen-bond acceptors (Lipinski definition) is 8. The van der Waals surface area contributed by atoms with Crippen molar-refractivity contribution in [2.45, 2.75) is 7.43 Å². The van der Waals surface area contributed by atoms with E-state index in [4.69, 9.17) is 15.2 Å². The number of amides is 1. The van der Waals surface area contributed by atoms with Gasteiger partial charge in [0.05, 0.1) is 35.7 Å². The summed E-state index contributed by atoms with van der Waals surface area (Å²) >= 11 is 0. The number of H-pyrrole nitrogens is 1. The van der Waals surface area contributed by atoms with Crippen LogP contribution in [-0.2, 0) is 0 Å². The van der Waals surface area contributed by atoms with Gasteiger partial charge >= 0.3 is 12.1 Å². The minimum Gasteiger partial charge on any atom is -0.507 e. The van der Waals surface area contributed by atoms with Crippen molar-refractivity contribution >= 4 is 28.0 Å². The number of aromatic amines is 1. The first-order chi connectivity index (χ1) is 15.1. The molecule has 3 heterocycles. The second-order valence-corrected chi connectivity index (χ2v) is 6.54. The number of phenolic OH excluding ortho intramolecular Hbond substituents is 1. The normalized spacial score (nSPS) is 10.8. The number of primary amides is 1. The van der Waals surface area contributed by atoms with Crippen LogP contribution in [0.25, 0.3) is 39.0 Å². The molecule has 5 rings (SSSR count). The predicted octanol–water partition coefficient (Wildman–Crippen LogP) is 3.17. The molecular weight excluding hydrogens is 414 g/mol. The minimum atomic E-state index is -1.05. The Morgan fingerprint density at radius 3 is 2.81 bits per heavy atom. The number of nitrogens with one attached hydrogen (secondary N) is 1. The summed E-state index contributed by atoms with van der Waals surface area (Å²) in [4.78, 5) is 23.0. The summed E-state index contributed by atoms with van der Waals surface area (Å²) in [6.45, 7) is 0. The van der Waals surface area contributed by atoms with Gasteiger partial charge in [0, 0.05) is 17.6 Å². The third-order valence-corrected chi connectivity index (χ3v) is 4.77. The Bertz CT molecular complexity index is 1460. The van der Waals surface area contributed by atoms with Crippen molar-refractivity contribution in [1.29, 1.82) is 0 Å². The fourth-order valence-corrected chi connectivity index (χ4v) is 3.46. The number of fused-ring (bicyclic) bond motifs is 2. The Balaban J connectivity index is 0.00000245. The lowest BCUT2D eigenvalue weighted by molar-refractivity contribution is 0.206. The lowest BCUT2D eigenvalue weighted by atomic mass is 10.1. The number of carbonyl (C=O) groups is 1. The standard InChI is InChI=1S/C20H15N7O4.CH4/c1-30-16-5-4-14(10-3-2-6-22-17(10)16)27-18(25-26-20(27)31-19(21)29)11-7-12-13(8-15(11)28)24-9-23-12;/h2-9,28H,1H3,(H2,21,29)(H,23,24);1H4. The molecule has 0 aliphatic carbocycles. The maximum atomic E-state index is 11.5. The molecular formula is C21H19N7O4. The first-order valence-corrected chi connectivity index (χ1v) is 9.08. The number of hydrogen-bond donors (Lipinski definition) is 3. The number of ether oxygens (including phenoxy) is 2. The van der Waals surface area contributed by atoms with Crippen LogP contribution in [0.1, 0.15) is 7.43 Å². The van der Waals surface area contributed by atoms with Crippen molar-refractivity contribution in [3.8, 4) is 34.6 Å². The summed E-state index contributed by atoms with van der Waals surface area (Å²) in [6, 6.07) is 10.1. The van der Waals surface area contributed by atoms with Gasteiger partial charge in [-0.2, -0.15) is 0 Å². The molecule has 1 amide bonds. The van der Waals surface area contributed by atoms with Crippen LogP contribution in [-0.4, -0.2) is 48.0 Å². The number of nitrogens with two attached hydrogens (primary N) is 1. The number of methoxy groups -OCH3 is 1. The van der Waals surface area contributed by atoms with Gasteiger partial charge in [-0.3, -0.25) is 4.98 Å². The van der Waals surface area contributed by atoms with Crippen LogP contribution < -0.4 is 15.2 Å². The molecule has 0 saturated heterocycles. The van der Waals surface area contributed by atoms with E-state index in [0.717, 1.165) is 0 Å². The topological polar surface area (TPSA) is 154 Å². The number of nitrogens with zero attached hydrogens (tertiary/aromatic N) is 5. The van der Waals surface area contributed by atoms with Crippen molar-refractivity contribution in [3.63, 3.8) is 0 Å². The van der Waals surface area contributed by atoms with Gasteiger partial charge in [-0.05, 0) is 30.3 Å². The molecule has 162 valence electrons. The summed E-state index contributed by atoms with van der Waals surface area (Å²) < 4.78 is 12.0. The van der Waals surface area contributed by atoms with Gasteiger partial charge in [0.1, 0.15) is 17.0 Å². The molecule has 32 heavy (non-hydrogen) atoms. The Kier molecular flexibility index (Phi) is 5.07. The van der Waals surface area contributed by atoms with E-state index in [1.807, 2.05) is 6.07 Å². The highest BCUT2D eigenvalue weighted by molar-refractivity contribution is 5.93. The number of pyridine rings is 1. The monoisotopic (exact) mass is 433 g/mol. The summed E-state index contributed by atoms with van der Waals surface area (Å²) in [5.74, 6) is 0.712. The summed E-state index contributed by atoms with van der Waals surface area (Å²) in [5.41, 5.74) is 7.97. The molecule has 0 spiro atoms. The lowest BCUT2D eigenvalue weighted by Gasteiger charge is -2.14. The molecule has 5 aromatic rings. The van der Waals surface area contributed by atoms with Gasteiger partial charge in [0.25, 0.3) is 0 Å². The molecule has 0 saturated carbocycles. The lowest BCUT2D eigenvalue weighted by Crippen LogP contribution is -2.18. The van der Waals surface area contributed by atoms with Gasteiger partial charge in [-0.1, -0.05) is 12.5 Å². The second-order valence-electron chi connectivity index (χ2n) is 6.54. The quantitative estimate of drug-likeness (QED) is 0.390. The molecule has 0 aliphatic rings. The van der Waals surface area contributed by atoms with Crippen molar-refractivity contribution in [1.82, 2.24) is 29.7 Å². The zero-order valence-electron chi connectivity index (χ0n) is 16.1. The van der Waals surface area contributed by atoms with Gasteiger partial charge in [0.15, 0.2) is 5.82 Å². The Hall–Kier alpha value is -4.67. The molecule has 0 unspecified atom stereocenters. The second kappa shape index (κ2) is 7.87. The van der Waals surface area contributed by atoms with Crippen molar-refractivity contribution in [3.05, 3.63) is 48.9 Å². The van der Waals surface area contributed by atoms with E-state index in [2.05, 4.69) is 25.1 Å². The Morgan fingerprint density at radius 1 is 1.19 bits per heavy atom. The molecule has 11 heteroatoms. The maximum absolute atomic E-state index is 11.5. The van der Waals surface area contributed by atoms with Crippen molar-refractivity contribution in [2.24, 2.45) is 5.73 Å². The minimum absolute atomic E-state index is 0. The molecule has 0 aliphatic heterocycles. The van der Waals surface area contributed by atoms with E-state index in [1.165, 1.54) is 17.0 Å². The molecule has 0 radical (unpaired) electrons. The van der Waals surface area contributed by atoms with Crippen LogP contribution in [0.4, 0.5) is 4.79 Å². The average molecular weight is 433 g/mol. The van der Waals surface area contributed by atoms with Crippen LogP contribution in [0.2, 0.25) is 0 Å². The fraction of sp³-hybridized carbons (Fsp3) is 0.0952. The van der Waals surface area contributed by atoms with Crippen LogP contribution in [0.15, 0.2) is 48.9 Å². The molecule has 4 N–H and O–H groups in total. The first-order valence-electron chi connectivity index (χ1n) is 9.08. The molecule has 3 aromatic heterocycles. The van der Waals surface area contributed by atoms with E-state index in [9.17, 15) is 9.90 Å².